The lowest BCUT2D eigenvalue weighted by Crippen LogP contribution is -2.50. The van der Waals surface area contributed by atoms with Gasteiger partial charge in [-0.2, -0.15) is 0 Å². The second-order valence-corrected chi connectivity index (χ2v) is 8.91. The molecule has 0 heterocycles. The number of benzene rings is 2. The molecule has 7 heteroatoms. The molecule has 0 aliphatic carbocycles. The molecule has 0 fully saturated rings. The van der Waals surface area contributed by atoms with Crippen molar-refractivity contribution in [2.24, 2.45) is 0 Å². The Kier molecular flexibility index (Phi) is 10.2. The zero-order valence-corrected chi connectivity index (χ0v) is 20.1. The van der Waals surface area contributed by atoms with Gasteiger partial charge in [0, 0.05) is 23.4 Å². The Morgan fingerprint density at radius 3 is 2.48 bits per heavy atom. The van der Waals surface area contributed by atoms with Crippen molar-refractivity contribution in [1.29, 1.82) is 0 Å². The summed E-state index contributed by atoms with van der Waals surface area (Å²) in [7, 11) is 1.61. The lowest BCUT2D eigenvalue weighted by atomic mass is 10.1. The van der Waals surface area contributed by atoms with Gasteiger partial charge in [-0.25, -0.2) is 0 Å². The highest BCUT2D eigenvalue weighted by molar-refractivity contribution is 7.99. The van der Waals surface area contributed by atoms with Gasteiger partial charge >= 0.3 is 0 Å². The van der Waals surface area contributed by atoms with Crippen LogP contribution in [-0.4, -0.2) is 41.7 Å². The summed E-state index contributed by atoms with van der Waals surface area (Å²) in [5.41, 5.74) is 2.02. The summed E-state index contributed by atoms with van der Waals surface area (Å²) in [6.07, 6.45) is 0.833. The molecule has 0 bridgehead atoms. The van der Waals surface area contributed by atoms with Crippen molar-refractivity contribution in [3.8, 4) is 5.75 Å². The van der Waals surface area contributed by atoms with Crippen LogP contribution in [0, 0.1) is 0 Å². The van der Waals surface area contributed by atoms with Gasteiger partial charge in [0.05, 0.1) is 12.9 Å². The number of hydrogen-bond donors (Lipinski definition) is 1. The summed E-state index contributed by atoms with van der Waals surface area (Å²) in [5.74, 6) is 1.48. The third-order valence-electron chi connectivity index (χ3n) is 5.06. The first-order valence-electron chi connectivity index (χ1n) is 10.4. The molecule has 0 radical (unpaired) electrons. The quantitative estimate of drug-likeness (QED) is 0.515. The minimum atomic E-state index is -0.580. The zero-order chi connectivity index (χ0) is 22.8. The summed E-state index contributed by atoms with van der Waals surface area (Å²) >= 11 is 7.46. The molecule has 2 aromatic rings. The maximum absolute atomic E-state index is 13.1. The molecular weight excluding hydrogens is 432 g/mol. The molecule has 2 amide bonds. The van der Waals surface area contributed by atoms with Crippen molar-refractivity contribution >= 4 is 35.2 Å². The van der Waals surface area contributed by atoms with Gasteiger partial charge in [-0.1, -0.05) is 42.8 Å². The fourth-order valence-corrected chi connectivity index (χ4v) is 3.93. The smallest absolute Gasteiger partial charge is 0.242 e. The molecule has 0 aliphatic rings. The molecule has 0 aliphatic heterocycles. The van der Waals surface area contributed by atoms with Crippen molar-refractivity contribution in [2.45, 2.75) is 51.6 Å². The highest BCUT2D eigenvalue weighted by Gasteiger charge is 2.26. The SMILES string of the molecule is CC[C@H](C)NC(=O)[C@H](C)N(Cc1cccc(OC)c1)C(=O)CSCc1ccc(Cl)cc1. The van der Waals surface area contributed by atoms with Gasteiger partial charge in [-0.3, -0.25) is 9.59 Å². The van der Waals surface area contributed by atoms with E-state index in [2.05, 4.69) is 5.32 Å². The summed E-state index contributed by atoms with van der Waals surface area (Å²) in [4.78, 5) is 27.5. The second kappa shape index (κ2) is 12.6. The van der Waals surface area contributed by atoms with Crippen LogP contribution in [0.25, 0.3) is 0 Å². The lowest BCUT2D eigenvalue weighted by Gasteiger charge is -2.29. The van der Waals surface area contributed by atoms with Crippen LogP contribution in [-0.2, 0) is 21.9 Å². The fraction of sp³-hybridized carbons (Fsp3) is 0.417. The average molecular weight is 463 g/mol. The van der Waals surface area contributed by atoms with E-state index < -0.39 is 6.04 Å². The Hall–Kier alpha value is -2.18. The predicted molar refractivity (Wildman–Crippen MR) is 129 cm³/mol. The van der Waals surface area contributed by atoms with E-state index in [1.165, 1.54) is 11.8 Å². The monoisotopic (exact) mass is 462 g/mol. The van der Waals surface area contributed by atoms with Crippen LogP contribution in [0.1, 0.15) is 38.3 Å². The van der Waals surface area contributed by atoms with Gasteiger partial charge in [-0.15, -0.1) is 11.8 Å². The summed E-state index contributed by atoms with van der Waals surface area (Å²) in [5, 5.41) is 3.67. The molecule has 0 saturated heterocycles. The number of nitrogens with one attached hydrogen (secondary N) is 1. The number of hydrogen-bond acceptors (Lipinski definition) is 4. The van der Waals surface area contributed by atoms with Crippen molar-refractivity contribution < 1.29 is 14.3 Å². The van der Waals surface area contributed by atoms with Gasteiger partial charge in [0.15, 0.2) is 0 Å². The van der Waals surface area contributed by atoms with Crippen LogP contribution < -0.4 is 10.1 Å². The second-order valence-electron chi connectivity index (χ2n) is 7.49. The van der Waals surface area contributed by atoms with Gasteiger partial charge in [-0.05, 0) is 55.7 Å². The van der Waals surface area contributed by atoms with E-state index in [0.29, 0.717) is 17.3 Å². The number of rotatable bonds is 11. The highest BCUT2D eigenvalue weighted by Crippen LogP contribution is 2.19. The average Bonchev–Trinajstić information content (AvgIpc) is 2.78. The molecular formula is C24H31ClN2O3S. The minimum Gasteiger partial charge on any atom is -0.497 e. The fourth-order valence-electron chi connectivity index (χ4n) is 2.94. The molecule has 1 N–H and O–H groups in total. The van der Waals surface area contributed by atoms with Crippen LogP contribution >= 0.6 is 23.4 Å². The van der Waals surface area contributed by atoms with Crippen molar-refractivity contribution in [3.63, 3.8) is 0 Å². The van der Waals surface area contributed by atoms with Crippen LogP contribution in [0.15, 0.2) is 48.5 Å². The van der Waals surface area contributed by atoms with E-state index in [1.54, 1.807) is 18.9 Å². The van der Waals surface area contributed by atoms with Crippen LogP contribution in [0.5, 0.6) is 5.75 Å². The number of carbonyl (C=O) groups is 2. The first-order valence-corrected chi connectivity index (χ1v) is 11.9. The van der Waals surface area contributed by atoms with Gasteiger partial charge in [0.1, 0.15) is 11.8 Å². The topological polar surface area (TPSA) is 58.6 Å². The predicted octanol–water partition coefficient (Wildman–Crippen LogP) is 4.91. The number of nitrogens with zero attached hydrogens (tertiary/aromatic N) is 1. The Morgan fingerprint density at radius 1 is 1.13 bits per heavy atom. The third-order valence-corrected chi connectivity index (χ3v) is 6.30. The van der Waals surface area contributed by atoms with E-state index >= 15 is 0 Å². The van der Waals surface area contributed by atoms with Gasteiger partial charge < -0.3 is 15.0 Å². The van der Waals surface area contributed by atoms with Crippen LogP contribution in [0.3, 0.4) is 0 Å². The normalized spacial score (nSPS) is 12.7. The molecule has 31 heavy (non-hydrogen) atoms. The van der Waals surface area contributed by atoms with Crippen molar-refractivity contribution in [2.75, 3.05) is 12.9 Å². The number of amides is 2. The standard InChI is InChI=1S/C24H31ClN2O3S/c1-5-17(2)26-24(29)18(3)27(14-20-7-6-8-22(13-20)30-4)23(28)16-31-15-19-9-11-21(25)12-10-19/h6-13,17-18H,5,14-16H2,1-4H3,(H,26,29)/t17-,18-/m0/s1. The number of halogens is 1. The molecule has 168 valence electrons. The van der Waals surface area contributed by atoms with Crippen molar-refractivity contribution in [1.82, 2.24) is 10.2 Å². The van der Waals surface area contributed by atoms with E-state index in [9.17, 15) is 9.59 Å². The summed E-state index contributed by atoms with van der Waals surface area (Å²) in [6.45, 7) is 6.09. The number of methoxy groups -OCH3 is 1. The minimum absolute atomic E-state index is 0.0583. The largest absolute Gasteiger partial charge is 0.497 e. The molecule has 2 atom stereocenters. The van der Waals surface area contributed by atoms with E-state index in [0.717, 1.165) is 23.3 Å². The molecule has 2 rings (SSSR count). The first-order chi connectivity index (χ1) is 14.8. The third kappa shape index (κ3) is 8.11. The maximum atomic E-state index is 13.1. The summed E-state index contributed by atoms with van der Waals surface area (Å²) < 4.78 is 5.30. The Bertz CT molecular complexity index is 860. The molecule has 2 aromatic carbocycles. The first kappa shape index (κ1) is 25.1. The Morgan fingerprint density at radius 2 is 1.84 bits per heavy atom. The Balaban J connectivity index is 2.09. The number of ether oxygens (including phenoxy) is 1. The molecule has 5 nitrogen and oxygen atoms in total. The molecule has 0 saturated carbocycles. The zero-order valence-electron chi connectivity index (χ0n) is 18.6. The van der Waals surface area contributed by atoms with Crippen molar-refractivity contribution in [3.05, 3.63) is 64.7 Å². The Labute approximate surface area is 194 Å². The van der Waals surface area contributed by atoms with Crippen LogP contribution in [0.4, 0.5) is 0 Å². The molecule has 0 aromatic heterocycles. The van der Waals surface area contributed by atoms with Crippen LogP contribution in [0.2, 0.25) is 5.02 Å². The van der Waals surface area contributed by atoms with Gasteiger partial charge in [0.2, 0.25) is 11.8 Å². The van der Waals surface area contributed by atoms with E-state index in [4.69, 9.17) is 16.3 Å². The highest BCUT2D eigenvalue weighted by atomic mass is 35.5. The number of thioether (sulfide) groups is 1. The molecule has 0 unspecified atom stereocenters. The maximum Gasteiger partial charge on any atom is 0.242 e. The number of carbonyl (C=O) groups excluding carboxylic acids is 2. The van der Waals surface area contributed by atoms with E-state index in [-0.39, 0.29) is 23.6 Å². The molecule has 0 spiro atoms. The summed E-state index contributed by atoms with van der Waals surface area (Å²) in [6, 6.07) is 14.6. The van der Waals surface area contributed by atoms with Gasteiger partial charge in [0.25, 0.3) is 0 Å². The lowest BCUT2D eigenvalue weighted by molar-refractivity contribution is -0.138. The van der Waals surface area contributed by atoms with E-state index in [1.807, 2.05) is 62.4 Å².